The molecule has 25 heavy (non-hydrogen) atoms. The Kier molecular flexibility index (Phi) is 4.65. The number of benzene rings is 1. The van der Waals surface area contributed by atoms with Gasteiger partial charge in [0.15, 0.2) is 0 Å². The van der Waals surface area contributed by atoms with Crippen molar-refractivity contribution in [1.82, 2.24) is 9.97 Å². The fourth-order valence-electron chi connectivity index (χ4n) is 3.76. The zero-order valence-electron chi connectivity index (χ0n) is 14.7. The Hall–Kier alpha value is -1.65. The number of hydrogen-bond donors (Lipinski definition) is 0. The van der Waals surface area contributed by atoms with Crippen LogP contribution in [-0.4, -0.2) is 23.1 Å². The van der Waals surface area contributed by atoms with Gasteiger partial charge < -0.3 is 4.90 Å². The van der Waals surface area contributed by atoms with Crippen molar-refractivity contribution in [2.45, 2.75) is 39.5 Å². The van der Waals surface area contributed by atoms with E-state index in [1.54, 1.807) is 11.3 Å². The summed E-state index contributed by atoms with van der Waals surface area (Å²) in [7, 11) is 0. The molecule has 0 atom stereocenters. The van der Waals surface area contributed by atoms with Gasteiger partial charge in [-0.2, -0.15) is 4.98 Å². The van der Waals surface area contributed by atoms with Crippen LogP contribution in [0.1, 0.15) is 37.8 Å². The van der Waals surface area contributed by atoms with Crippen LogP contribution in [0.4, 0.5) is 5.82 Å². The lowest BCUT2D eigenvalue weighted by atomic mass is 9.89. The molecule has 0 radical (unpaired) electrons. The predicted molar refractivity (Wildman–Crippen MR) is 108 cm³/mol. The molecule has 3 aromatic rings. The fourth-order valence-corrected chi connectivity index (χ4v) is 4.92. The molecule has 130 valence electrons. The van der Waals surface area contributed by atoms with Gasteiger partial charge in [0.2, 0.25) is 5.28 Å². The van der Waals surface area contributed by atoms with E-state index >= 15 is 0 Å². The van der Waals surface area contributed by atoms with E-state index in [-0.39, 0.29) is 0 Å². The van der Waals surface area contributed by atoms with Crippen molar-refractivity contribution in [3.05, 3.63) is 40.0 Å². The molecule has 1 aromatic carbocycles. The fraction of sp³-hybridized carbons (Fsp3) is 0.400. The van der Waals surface area contributed by atoms with Crippen molar-refractivity contribution < 1.29 is 0 Å². The Morgan fingerprint density at radius 3 is 2.60 bits per heavy atom. The molecule has 0 aliphatic heterocycles. The maximum absolute atomic E-state index is 6.19. The van der Waals surface area contributed by atoms with Crippen molar-refractivity contribution in [2.24, 2.45) is 0 Å². The molecule has 0 spiro atoms. The Morgan fingerprint density at radius 2 is 1.84 bits per heavy atom. The molecule has 0 fully saturated rings. The molecule has 5 heteroatoms. The lowest BCUT2D eigenvalue weighted by molar-refractivity contribution is 0.686. The van der Waals surface area contributed by atoms with Crippen LogP contribution in [0.3, 0.4) is 0 Å². The van der Waals surface area contributed by atoms with E-state index in [1.807, 2.05) is 0 Å². The van der Waals surface area contributed by atoms with Gasteiger partial charge in [-0.25, -0.2) is 4.98 Å². The third kappa shape index (κ3) is 3.02. The van der Waals surface area contributed by atoms with Gasteiger partial charge in [-0.05, 0) is 67.8 Å². The minimum absolute atomic E-state index is 0.327. The second kappa shape index (κ2) is 6.93. The second-order valence-corrected chi connectivity index (χ2v) is 7.70. The third-order valence-corrected chi connectivity index (χ3v) is 6.15. The quantitative estimate of drug-likeness (QED) is 0.548. The highest BCUT2D eigenvalue weighted by Crippen LogP contribution is 2.40. The first-order valence-corrected chi connectivity index (χ1v) is 10.3. The highest BCUT2D eigenvalue weighted by molar-refractivity contribution is 7.17. The van der Waals surface area contributed by atoms with Crippen molar-refractivity contribution >= 4 is 39.0 Å². The van der Waals surface area contributed by atoms with Crippen LogP contribution >= 0.6 is 22.9 Å². The number of anilines is 1. The molecule has 4 rings (SSSR count). The summed E-state index contributed by atoms with van der Waals surface area (Å²) in [5, 5.41) is 3.66. The zero-order chi connectivity index (χ0) is 17.4. The topological polar surface area (TPSA) is 29.0 Å². The Balaban J connectivity index is 1.91. The molecule has 0 bridgehead atoms. The monoisotopic (exact) mass is 371 g/mol. The smallest absolute Gasteiger partial charge is 0.225 e. The normalized spacial score (nSPS) is 13.9. The number of hydrogen-bond acceptors (Lipinski definition) is 4. The number of fused-ring (bicyclic) bond motifs is 2. The van der Waals surface area contributed by atoms with Crippen molar-refractivity contribution in [3.8, 4) is 11.1 Å². The van der Waals surface area contributed by atoms with E-state index in [2.05, 4.69) is 52.3 Å². The van der Waals surface area contributed by atoms with Crippen molar-refractivity contribution in [2.75, 3.05) is 18.0 Å². The minimum Gasteiger partial charge on any atom is -0.356 e. The van der Waals surface area contributed by atoms with E-state index in [9.17, 15) is 0 Å². The molecule has 0 amide bonds. The van der Waals surface area contributed by atoms with Crippen molar-refractivity contribution in [1.29, 1.82) is 0 Å². The maximum atomic E-state index is 6.19. The summed E-state index contributed by atoms with van der Waals surface area (Å²) >= 11 is 7.84. The summed E-state index contributed by atoms with van der Waals surface area (Å²) < 4.78 is 0. The SMILES string of the molecule is CCN(CC)c1nc(Cl)nc2scc(-c3ccc4c(c3)CCCC4)c12. The molecule has 0 saturated carbocycles. The summed E-state index contributed by atoms with van der Waals surface area (Å²) in [6, 6.07) is 6.93. The molecule has 2 heterocycles. The van der Waals surface area contributed by atoms with Gasteiger partial charge >= 0.3 is 0 Å². The Labute approximate surface area is 157 Å². The van der Waals surface area contributed by atoms with Crippen LogP contribution in [0.2, 0.25) is 5.28 Å². The summed E-state index contributed by atoms with van der Waals surface area (Å²) in [6.07, 6.45) is 5.01. The van der Waals surface area contributed by atoms with Gasteiger partial charge in [-0.1, -0.05) is 18.2 Å². The third-order valence-electron chi connectivity index (χ3n) is 5.11. The number of aryl methyl sites for hydroxylation is 2. The summed E-state index contributed by atoms with van der Waals surface area (Å²) in [6.45, 7) is 6.10. The van der Waals surface area contributed by atoms with Gasteiger partial charge in [0.05, 0.1) is 5.39 Å². The lowest BCUT2D eigenvalue weighted by Gasteiger charge is -2.21. The Morgan fingerprint density at radius 1 is 1.08 bits per heavy atom. The van der Waals surface area contributed by atoms with Gasteiger partial charge in [-0.15, -0.1) is 11.3 Å². The zero-order valence-corrected chi connectivity index (χ0v) is 16.3. The number of thiophene rings is 1. The highest BCUT2D eigenvalue weighted by Gasteiger charge is 2.19. The van der Waals surface area contributed by atoms with E-state index in [0.29, 0.717) is 5.28 Å². The number of aromatic nitrogens is 2. The molecule has 2 aromatic heterocycles. The summed E-state index contributed by atoms with van der Waals surface area (Å²) in [5.74, 6) is 0.953. The van der Waals surface area contributed by atoms with E-state index in [4.69, 9.17) is 11.6 Å². The van der Waals surface area contributed by atoms with Crippen molar-refractivity contribution in [3.63, 3.8) is 0 Å². The van der Waals surface area contributed by atoms with E-state index in [1.165, 1.54) is 47.9 Å². The molecule has 0 unspecified atom stereocenters. The maximum Gasteiger partial charge on any atom is 0.225 e. The number of rotatable bonds is 4. The average Bonchev–Trinajstić information content (AvgIpc) is 3.06. The molecule has 0 N–H and O–H groups in total. The largest absolute Gasteiger partial charge is 0.356 e. The summed E-state index contributed by atoms with van der Waals surface area (Å²) in [4.78, 5) is 12.3. The molecule has 1 aliphatic carbocycles. The molecular formula is C20H22ClN3S. The standard InChI is InChI=1S/C20H22ClN3S/c1-3-24(4-2)18-17-16(12-25-19(17)23-20(21)22-18)15-10-9-13-7-5-6-8-14(13)11-15/h9-12H,3-8H2,1-2H3. The van der Waals surface area contributed by atoms with Crippen LogP contribution in [0, 0.1) is 0 Å². The van der Waals surface area contributed by atoms with E-state index in [0.717, 1.165) is 29.1 Å². The number of nitrogens with zero attached hydrogens (tertiary/aromatic N) is 3. The average molecular weight is 372 g/mol. The molecular weight excluding hydrogens is 350 g/mol. The molecule has 1 aliphatic rings. The van der Waals surface area contributed by atoms with Crippen LogP contribution in [0.25, 0.3) is 21.3 Å². The first-order valence-electron chi connectivity index (χ1n) is 9.03. The van der Waals surface area contributed by atoms with Crippen LogP contribution in [0.15, 0.2) is 23.6 Å². The minimum atomic E-state index is 0.327. The summed E-state index contributed by atoms with van der Waals surface area (Å²) in [5.41, 5.74) is 5.51. The van der Waals surface area contributed by atoms with Crippen LogP contribution < -0.4 is 4.90 Å². The highest BCUT2D eigenvalue weighted by atomic mass is 35.5. The van der Waals surface area contributed by atoms with Crippen LogP contribution in [-0.2, 0) is 12.8 Å². The molecule has 0 saturated heterocycles. The Bertz CT molecular complexity index is 915. The first kappa shape index (κ1) is 16.8. The first-order chi connectivity index (χ1) is 12.2. The predicted octanol–water partition coefficient (Wildman–Crippen LogP) is 5.74. The van der Waals surface area contributed by atoms with Gasteiger partial charge in [0.1, 0.15) is 10.6 Å². The second-order valence-electron chi connectivity index (χ2n) is 6.51. The lowest BCUT2D eigenvalue weighted by Crippen LogP contribution is -2.23. The van der Waals surface area contributed by atoms with Gasteiger partial charge in [0.25, 0.3) is 0 Å². The van der Waals surface area contributed by atoms with Gasteiger partial charge in [-0.3, -0.25) is 0 Å². The van der Waals surface area contributed by atoms with Crippen LogP contribution in [0.5, 0.6) is 0 Å². The van der Waals surface area contributed by atoms with Gasteiger partial charge in [0, 0.05) is 24.0 Å². The molecule has 3 nitrogen and oxygen atoms in total. The van der Waals surface area contributed by atoms with E-state index < -0.39 is 0 Å². The number of halogens is 1.